The van der Waals surface area contributed by atoms with E-state index >= 15 is 0 Å². The largest absolute Gasteiger partial charge is 0.462 e. The van der Waals surface area contributed by atoms with E-state index < -0.39 is 23.4 Å². The van der Waals surface area contributed by atoms with Gasteiger partial charge in [0.25, 0.3) is 17.7 Å². The topological polar surface area (TPSA) is 387 Å². The normalized spacial score (nSPS) is 11.0. The summed E-state index contributed by atoms with van der Waals surface area (Å²) >= 11 is 21.4. The van der Waals surface area contributed by atoms with Gasteiger partial charge in [0.15, 0.2) is 0 Å². The fourth-order valence-corrected chi connectivity index (χ4v) is 12.0. The number of amides is 5. The quantitative estimate of drug-likeness (QED) is 0.0225. The Balaban J connectivity index is 0.000000175. The molecule has 598 valence electrons. The average molecular weight is 1680 g/mol. The number of hydrogen-bond donors (Lipinski definition) is 8. The highest BCUT2D eigenvalue weighted by molar-refractivity contribution is 9.08. The fraction of sp³-hybridized carbons (Fsp3) is 0.268. The van der Waals surface area contributed by atoms with Crippen LogP contribution < -0.4 is 32.3 Å². The Hall–Kier alpha value is -12.3. The molecule has 13 aromatic rings. The molecule has 9 N–H and O–H groups in total. The van der Waals surface area contributed by atoms with Crippen molar-refractivity contribution in [1.82, 2.24) is 85.8 Å². The van der Waals surface area contributed by atoms with Crippen molar-refractivity contribution in [3.8, 4) is 0 Å². The zero-order chi connectivity index (χ0) is 83.3. The molecule has 0 saturated carbocycles. The molecule has 0 aliphatic carbocycles. The number of nitrogens with two attached hydrogens (primary N) is 1. The lowest BCUT2D eigenvalue weighted by Crippen LogP contribution is -2.28. The van der Waals surface area contributed by atoms with E-state index in [0.717, 1.165) is 105 Å². The zero-order valence-corrected chi connectivity index (χ0v) is 69.4. The van der Waals surface area contributed by atoms with E-state index in [1.54, 1.807) is 94.6 Å². The Bertz CT molecular complexity index is 5540. The van der Waals surface area contributed by atoms with Gasteiger partial charge in [-0.1, -0.05) is 87.1 Å². The number of rotatable bonds is 18. The number of nitrogens with zero attached hydrogens (tertiary/aromatic N) is 12. The summed E-state index contributed by atoms with van der Waals surface area (Å²) in [7, 11) is 0. The third-order valence-electron chi connectivity index (χ3n) is 16.7. The predicted molar refractivity (Wildman–Crippen MR) is 447 cm³/mol. The van der Waals surface area contributed by atoms with Gasteiger partial charge in [0.05, 0.1) is 100 Å². The van der Waals surface area contributed by atoms with Gasteiger partial charge in [-0.05, 0) is 196 Å². The minimum absolute atomic E-state index is 0.199. The number of anilines is 3. The number of carbonyl (C=O) groups is 6. The van der Waals surface area contributed by atoms with Crippen LogP contribution in [-0.4, -0.2) is 124 Å². The van der Waals surface area contributed by atoms with Crippen molar-refractivity contribution in [2.24, 2.45) is 0 Å². The molecular formula is C82H88BrCl3N20O9. The van der Waals surface area contributed by atoms with Gasteiger partial charge >= 0.3 is 18.2 Å². The van der Waals surface area contributed by atoms with Crippen LogP contribution in [0, 0.1) is 41.5 Å². The molecule has 13 rings (SSSR count). The maximum absolute atomic E-state index is 12.8. The lowest BCUT2D eigenvalue weighted by atomic mass is 10.1. The summed E-state index contributed by atoms with van der Waals surface area (Å²) in [4.78, 5) is 98.8. The van der Waals surface area contributed by atoms with Gasteiger partial charge in [0.1, 0.15) is 28.7 Å². The molecule has 0 bridgehead atoms. The highest BCUT2D eigenvalue weighted by Crippen LogP contribution is 2.25. The van der Waals surface area contributed by atoms with Gasteiger partial charge in [-0.2, -0.15) is 20.4 Å². The number of alkyl halides is 1. The molecule has 33 heteroatoms. The second-order valence-electron chi connectivity index (χ2n) is 28.1. The van der Waals surface area contributed by atoms with E-state index in [0.29, 0.717) is 88.2 Å². The molecule has 10 aromatic heterocycles. The lowest BCUT2D eigenvalue weighted by molar-refractivity contribution is 0.0524. The van der Waals surface area contributed by atoms with Crippen molar-refractivity contribution < 1.29 is 43.0 Å². The molecule has 10 heterocycles. The summed E-state index contributed by atoms with van der Waals surface area (Å²) in [5.41, 5.74) is 19.4. The molecule has 0 unspecified atom stereocenters. The van der Waals surface area contributed by atoms with Crippen molar-refractivity contribution in [1.29, 1.82) is 0 Å². The third kappa shape index (κ3) is 26.4. The maximum atomic E-state index is 12.8. The first kappa shape index (κ1) is 86.7. The first-order valence-electron chi connectivity index (χ1n) is 36.1. The summed E-state index contributed by atoms with van der Waals surface area (Å²) in [6.07, 6.45) is 11.3. The van der Waals surface area contributed by atoms with E-state index in [4.69, 9.17) is 50.0 Å². The van der Waals surface area contributed by atoms with E-state index in [1.807, 2.05) is 126 Å². The first-order chi connectivity index (χ1) is 54.6. The van der Waals surface area contributed by atoms with E-state index in [9.17, 15) is 28.8 Å². The number of pyridine rings is 6. The van der Waals surface area contributed by atoms with Crippen LogP contribution in [0.1, 0.15) is 157 Å². The van der Waals surface area contributed by atoms with Gasteiger partial charge in [-0.25, -0.2) is 29.3 Å². The minimum atomic E-state index is -0.605. The van der Waals surface area contributed by atoms with Gasteiger partial charge in [-0.3, -0.25) is 59.5 Å². The molecule has 3 aromatic carbocycles. The first-order valence-corrected chi connectivity index (χ1v) is 38.3. The number of H-pyrrole nitrogens is 2. The monoisotopic (exact) mass is 1680 g/mol. The molecule has 115 heavy (non-hydrogen) atoms. The third-order valence-corrected chi connectivity index (χ3v) is 18.0. The number of benzene rings is 3. The van der Waals surface area contributed by atoms with E-state index in [-0.39, 0.29) is 30.2 Å². The summed E-state index contributed by atoms with van der Waals surface area (Å²) < 4.78 is 18.5. The number of aryl methyl sites for hydroxylation is 6. The molecule has 0 aliphatic rings. The van der Waals surface area contributed by atoms with Crippen LogP contribution in [0.3, 0.4) is 0 Å². The van der Waals surface area contributed by atoms with Gasteiger partial charge < -0.3 is 35.9 Å². The SMILES string of the molecule is CCOC(=O)c1cn[nH]c1.Cc1cc(N)nc(C)c1CNC(=O)c1cnn(Cc2ccc3ccc(Cl)cc3n2)c1.Cc1cc(NC(=O)OC(C)(C)C)nc(C)c1CNC(=O)c1cn[nH]c1.Cc1cc(NC(=O)OC(C)(C)C)nc(C)c1CNC(=O)c1cnn(Cc2ccc3ccc(Cl)cc3n2)c1.Clc1ccc2ccc(CBr)nc2c1. The van der Waals surface area contributed by atoms with Crippen molar-refractivity contribution in [2.75, 3.05) is 23.0 Å². The minimum Gasteiger partial charge on any atom is -0.462 e. The number of nitrogens with one attached hydrogen (secondary N) is 7. The number of aromatic amines is 2. The van der Waals surface area contributed by atoms with Crippen LogP contribution in [0.2, 0.25) is 15.1 Å². The number of esters is 1. The molecule has 0 saturated heterocycles. The Morgan fingerprint density at radius 2 is 0.835 bits per heavy atom. The smallest absolute Gasteiger partial charge is 0.413 e. The zero-order valence-electron chi connectivity index (χ0n) is 65.6. The van der Waals surface area contributed by atoms with Crippen LogP contribution in [0.15, 0.2) is 159 Å². The molecule has 29 nitrogen and oxygen atoms in total. The fourth-order valence-electron chi connectivity index (χ4n) is 11.2. The number of fused-ring (bicyclic) bond motifs is 3. The van der Waals surface area contributed by atoms with E-state index in [2.05, 4.69) is 114 Å². The molecule has 0 fully saturated rings. The van der Waals surface area contributed by atoms with Crippen LogP contribution in [-0.2, 0) is 52.3 Å². The second-order valence-corrected chi connectivity index (χ2v) is 30.0. The van der Waals surface area contributed by atoms with Crippen LogP contribution in [0.4, 0.5) is 27.0 Å². The number of carbonyl (C=O) groups excluding carboxylic acids is 6. The molecule has 0 radical (unpaired) electrons. The van der Waals surface area contributed by atoms with E-state index in [1.165, 1.54) is 31.0 Å². The van der Waals surface area contributed by atoms with Crippen LogP contribution in [0.25, 0.3) is 32.7 Å². The highest BCUT2D eigenvalue weighted by atomic mass is 79.9. The summed E-state index contributed by atoms with van der Waals surface area (Å²) in [5.74, 6) is 0.277. The molecular weight excluding hydrogens is 1600 g/mol. The van der Waals surface area contributed by atoms with Crippen molar-refractivity contribution in [3.63, 3.8) is 0 Å². The molecule has 0 spiro atoms. The average Bonchev–Trinajstić information content (AvgIpc) is 1.80. The van der Waals surface area contributed by atoms with Gasteiger partial charge in [0, 0.05) is 98.1 Å². The van der Waals surface area contributed by atoms with Crippen LogP contribution in [0.5, 0.6) is 0 Å². The van der Waals surface area contributed by atoms with Gasteiger partial charge in [-0.15, -0.1) is 0 Å². The van der Waals surface area contributed by atoms with Crippen LogP contribution >= 0.6 is 50.7 Å². The Morgan fingerprint density at radius 3 is 1.20 bits per heavy atom. The number of halogens is 4. The summed E-state index contributed by atoms with van der Waals surface area (Å²) in [6.45, 7) is 26.1. The van der Waals surface area contributed by atoms with Crippen molar-refractivity contribution >= 4 is 137 Å². The summed E-state index contributed by atoms with van der Waals surface area (Å²) in [6, 6.07) is 34.1. The standard InChI is InChI=1S/C27H29ClN6O3.C22H21ClN6O.C17H23N5O3.C10H7BrClN.C6H8N2O2/c1-16-10-24(33-26(36)37-27(3,4)5)31-17(2)22(16)13-29-25(35)19-12-30-34(14-19)15-21-9-7-18-6-8-20(28)11-23(18)32-21;1-13-7-21(24)27-14(2)19(13)10-25-22(30)16-9-26-29(11-16)12-18-6-4-15-3-5-17(23)8-20(15)28-18;1-10-6-14(22-16(24)25-17(3,4)5)21-11(2)13(10)9-18-15(23)12-7-19-20-8-12;11-6-9-4-2-7-1-3-8(12)5-10(7)13-9;1-2-10-6(9)5-3-7-8-4-5/h6-12,14H,13,15H2,1-5H3,(H,29,35)(H,31,33,36);3-9,11H,10,12H2,1-2H3,(H2,24,27)(H,25,30);6-8H,9H2,1-5H3,(H,18,23)(H,19,20)(H,21,22,24);1-5H,6H2;3-4H,2H2,1H3,(H,7,8). The van der Waals surface area contributed by atoms with Crippen molar-refractivity contribution in [2.45, 2.75) is 139 Å². The Morgan fingerprint density at radius 1 is 0.470 bits per heavy atom. The summed E-state index contributed by atoms with van der Waals surface area (Å²) in [5, 5.41) is 40.9. The number of nitrogen functional groups attached to an aromatic ring is 1. The lowest BCUT2D eigenvalue weighted by Gasteiger charge is -2.20. The molecule has 5 amide bonds. The number of aromatic nitrogens is 14. The Kier molecular flexibility index (Phi) is 30.1. The van der Waals surface area contributed by atoms with Gasteiger partial charge in [0.2, 0.25) is 0 Å². The highest BCUT2D eigenvalue weighted by Gasteiger charge is 2.21. The number of ether oxygens (including phenoxy) is 3. The predicted octanol–water partition coefficient (Wildman–Crippen LogP) is 16.1. The van der Waals surface area contributed by atoms with Crippen molar-refractivity contribution in [3.05, 3.63) is 264 Å². The number of hydrogen-bond acceptors (Lipinski definition) is 20. The maximum Gasteiger partial charge on any atom is 0.413 e. The second kappa shape index (κ2) is 40.0. The molecule has 0 aliphatic heterocycles. The molecule has 0 atom stereocenters. The Labute approximate surface area is 687 Å².